The normalized spacial score (nSPS) is 8.87. The number of aryl methyl sites for hydroxylation is 1. The van der Waals surface area contributed by atoms with Gasteiger partial charge in [0.1, 0.15) is 0 Å². The van der Waals surface area contributed by atoms with Crippen molar-refractivity contribution in [3.05, 3.63) is 28.3 Å². The number of esters is 1. The van der Waals surface area contributed by atoms with Gasteiger partial charge >= 0.3 is 5.97 Å². The van der Waals surface area contributed by atoms with Gasteiger partial charge in [-0.05, 0) is 24.6 Å². The van der Waals surface area contributed by atoms with Crippen molar-refractivity contribution in [2.45, 2.75) is 20.8 Å². The minimum Gasteiger partial charge on any atom is -0.465 e. The highest BCUT2D eigenvalue weighted by molar-refractivity contribution is 6.31. The summed E-state index contributed by atoms with van der Waals surface area (Å²) in [5.41, 5.74) is 7.17. The van der Waals surface area contributed by atoms with Gasteiger partial charge in [0.05, 0.1) is 12.7 Å². The highest BCUT2D eigenvalue weighted by atomic mass is 35.5. The van der Waals surface area contributed by atoms with Crippen LogP contribution in [0.4, 0.5) is 5.69 Å². The molecule has 0 aliphatic heterocycles. The summed E-state index contributed by atoms with van der Waals surface area (Å²) in [6, 6.07) is 3.19. The zero-order valence-corrected chi connectivity index (χ0v) is 10.2. The second-order valence-corrected chi connectivity index (χ2v) is 3.11. The maximum atomic E-state index is 11.2. The molecule has 84 valence electrons. The second-order valence-electron chi connectivity index (χ2n) is 2.68. The zero-order valence-electron chi connectivity index (χ0n) is 9.43. The molecule has 0 aromatic heterocycles. The van der Waals surface area contributed by atoms with Gasteiger partial charge < -0.3 is 10.5 Å². The monoisotopic (exact) mass is 229 g/mol. The third kappa shape index (κ3) is 3.44. The molecule has 0 radical (unpaired) electrons. The Kier molecular flexibility index (Phi) is 5.79. The molecule has 0 unspecified atom stereocenters. The van der Waals surface area contributed by atoms with Gasteiger partial charge in [-0.3, -0.25) is 0 Å². The van der Waals surface area contributed by atoms with Crippen LogP contribution in [0.5, 0.6) is 0 Å². The van der Waals surface area contributed by atoms with Crippen LogP contribution in [-0.4, -0.2) is 13.1 Å². The van der Waals surface area contributed by atoms with E-state index in [9.17, 15) is 4.79 Å². The zero-order chi connectivity index (χ0) is 12.0. The quantitative estimate of drug-likeness (QED) is 0.595. The number of rotatable bonds is 1. The van der Waals surface area contributed by atoms with E-state index in [1.54, 1.807) is 13.0 Å². The van der Waals surface area contributed by atoms with Gasteiger partial charge in [0.15, 0.2) is 0 Å². The first-order valence-corrected chi connectivity index (χ1v) is 5.08. The lowest BCUT2D eigenvalue weighted by atomic mass is 10.1. The van der Waals surface area contributed by atoms with E-state index in [2.05, 4.69) is 4.74 Å². The Balaban J connectivity index is 0.000000921. The SMILES string of the molecule is CC.COC(=O)c1cc(Cl)cc(C)c1N. The topological polar surface area (TPSA) is 52.3 Å². The van der Waals surface area contributed by atoms with E-state index in [4.69, 9.17) is 17.3 Å². The van der Waals surface area contributed by atoms with Crippen LogP contribution in [0.2, 0.25) is 5.02 Å². The Bertz CT molecular complexity index is 351. The van der Waals surface area contributed by atoms with Crippen molar-refractivity contribution in [3.8, 4) is 0 Å². The molecule has 0 bridgehead atoms. The average Bonchev–Trinajstić information content (AvgIpc) is 2.25. The minimum absolute atomic E-state index is 0.313. The lowest BCUT2D eigenvalue weighted by Gasteiger charge is -2.06. The molecule has 4 heteroatoms. The number of hydrogen-bond donors (Lipinski definition) is 1. The summed E-state index contributed by atoms with van der Waals surface area (Å²) >= 11 is 5.76. The van der Waals surface area contributed by atoms with E-state index < -0.39 is 5.97 Å². The van der Waals surface area contributed by atoms with Crippen LogP contribution in [0.3, 0.4) is 0 Å². The van der Waals surface area contributed by atoms with Crippen molar-refractivity contribution >= 4 is 23.3 Å². The Morgan fingerprint density at radius 2 is 1.93 bits per heavy atom. The van der Waals surface area contributed by atoms with E-state index in [0.29, 0.717) is 16.3 Å². The maximum Gasteiger partial charge on any atom is 0.340 e. The Labute approximate surface area is 95.2 Å². The Morgan fingerprint density at radius 3 is 2.40 bits per heavy atom. The lowest BCUT2D eigenvalue weighted by molar-refractivity contribution is 0.0602. The summed E-state index contributed by atoms with van der Waals surface area (Å²) in [5.74, 6) is -0.469. The van der Waals surface area contributed by atoms with Crippen molar-refractivity contribution in [1.29, 1.82) is 0 Å². The number of benzene rings is 1. The molecule has 1 aromatic carbocycles. The molecule has 0 aliphatic rings. The average molecular weight is 230 g/mol. The number of nitrogen functional groups attached to an aromatic ring is 1. The predicted molar refractivity (Wildman–Crippen MR) is 63.3 cm³/mol. The van der Waals surface area contributed by atoms with E-state index in [1.165, 1.54) is 13.2 Å². The van der Waals surface area contributed by atoms with Crippen LogP contribution >= 0.6 is 11.6 Å². The fourth-order valence-electron chi connectivity index (χ4n) is 1.03. The second kappa shape index (κ2) is 6.30. The van der Waals surface area contributed by atoms with Gasteiger partial charge in [-0.15, -0.1) is 0 Å². The molecule has 0 saturated carbocycles. The van der Waals surface area contributed by atoms with Crippen LogP contribution in [0.15, 0.2) is 12.1 Å². The fraction of sp³-hybridized carbons (Fsp3) is 0.364. The number of carbonyl (C=O) groups is 1. The van der Waals surface area contributed by atoms with Crippen LogP contribution in [0, 0.1) is 6.92 Å². The molecule has 3 nitrogen and oxygen atoms in total. The van der Waals surface area contributed by atoms with Gasteiger partial charge in [0.25, 0.3) is 0 Å². The third-order valence-corrected chi connectivity index (χ3v) is 1.98. The molecule has 1 rings (SSSR count). The lowest BCUT2D eigenvalue weighted by Crippen LogP contribution is -2.06. The Morgan fingerprint density at radius 1 is 1.40 bits per heavy atom. The van der Waals surface area contributed by atoms with Gasteiger partial charge in [-0.25, -0.2) is 4.79 Å². The molecule has 0 heterocycles. The minimum atomic E-state index is -0.469. The number of halogens is 1. The number of nitrogens with two attached hydrogens (primary N) is 1. The number of ether oxygens (including phenoxy) is 1. The summed E-state index contributed by atoms with van der Waals surface area (Å²) in [7, 11) is 1.30. The molecule has 2 N–H and O–H groups in total. The largest absolute Gasteiger partial charge is 0.465 e. The molecule has 0 fully saturated rings. The smallest absolute Gasteiger partial charge is 0.340 e. The molecular weight excluding hydrogens is 214 g/mol. The van der Waals surface area contributed by atoms with Crippen molar-refractivity contribution < 1.29 is 9.53 Å². The van der Waals surface area contributed by atoms with Crippen LogP contribution < -0.4 is 5.73 Å². The number of hydrogen-bond acceptors (Lipinski definition) is 3. The molecule has 0 atom stereocenters. The van der Waals surface area contributed by atoms with E-state index in [0.717, 1.165) is 5.56 Å². The van der Waals surface area contributed by atoms with Gasteiger partial charge in [-0.2, -0.15) is 0 Å². The molecule has 0 saturated heterocycles. The molecule has 0 amide bonds. The third-order valence-electron chi connectivity index (χ3n) is 1.76. The van der Waals surface area contributed by atoms with Crippen molar-refractivity contribution in [3.63, 3.8) is 0 Å². The van der Waals surface area contributed by atoms with Crippen molar-refractivity contribution in [2.24, 2.45) is 0 Å². The standard InChI is InChI=1S/C9H10ClNO2.C2H6/c1-5-3-6(10)4-7(8(5)11)9(12)13-2;1-2/h3-4H,11H2,1-2H3;1-2H3. The molecule has 1 aromatic rings. The van der Waals surface area contributed by atoms with Crippen LogP contribution in [0.1, 0.15) is 29.8 Å². The number of methoxy groups -OCH3 is 1. The molecule has 0 aliphatic carbocycles. The summed E-state index contributed by atoms with van der Waals surface area (Å²) < 4.78 is 4.55. The fourth-order valence-corrected chi connectivity index (χ4v) is 1.31. The van der Waals surface area contributed by atoms with E-state index in [-0.39, 0.29) is 0 Å². The molecule has 0 spiro atoms. The summed E-state index contributed by atoms with van der Waals surface area (Å²) in [6.07, 6.45) is 0. The van der Waals surface area contributed by atoms with Gasteiger partial charge in [-0.1, -0.05) is 25.4 Å². The first-order chi connectivity index (χ1) is 7.06. The van der Waals surface area contributed by atoms with Gasteiger partial charge in [0, 0.05) is 10.7 Å². The van der Waals surface area contributed by atoms with Crippen LogP contribution in [0.25, 0.3) is 0 Å². The number of anilines is 1. The number of carbonyl (C=O) groups excluding carboxylic acids is 1. The van der Waals surface area contributed by atoms with E-state index >= 15 is 0 Å². The highest BCUT2D eigenvalue weighted by Gasteiger charge is 2.12. The van der Waals surface area contributed by atoms with Crippen molar-refractivity contribution in [2.75, 3.05) is 12.8 Å². The Hall–Kier alpha value is -1.22. The predicted octanol–water partition coefficient (Wildman–Crippen LogP) is 3.04. The van der Waals surface area contributed by atoms with E-state index in [1.807, 2.05) is 13.8 Å². The maximum absolute atomic E-state index is 11.2. The molecule has 15 heavy (non-hydrogen) atoms. The first-order valence-electron chi connectivity index (χ1n) is 4.70. The molecular formula is C11H16ClNO2. The van der Waals surface area contributed by atoms with Gasteiger partial charge in [0.2, 0.25) is 0 Å². The van der Waals surface area contributed by atoms with Crippen molar-refractivity contribution in [1.82, 2.24) is 0 Å². The highest BCUT2D eigenvalue weighted by Crippen LogP contribution is 2.23. The van der Waals surface area contributed by atoms with Crippen LogP contribution in [-0.2, 0) is 4.74 Å². The summed E-state index contributed by atoms with van der Waals surface area (Å²) in [5, 5.41) is 0.479. The first kappa shape index (κ1) is 13.8. The summed E-state index contributed by atoms with van der Waals surface area (Å²) in [6.45, 7) is 5.79. The summed E-state index contributed by atoms with van der Waals surface area (Å²) in [4.78, 5) is 11.2.